The summed E-state index contributed by atoms with van der Waals surface area (Å²) in [5.41, 5.74) is 3.59. The van der Waals surface area contributed by atoms with Crippen LogP contribution in [0.15, 0.2) is 35.0 Å². The van der Waals surface area contributed by atoms with Crippen molar-refractivity contribution in [3.63, 3.8) is 0 Å². The van der Waals surface area contributed by atoms with E-state index in [0.717, 1.165) is 16.7 Å². The van der Waals surface area contributed by atoms with Gasteiger partial charge in [0.1, 0.15) is 0 Å². The summed E-state index contributed by atoms with van der Waals surface area (Å²) in [5, 5.41) is 15.6. The van der Waals surface area contributed by atoms with Crippen LogP contribution in [0.2, 0.25) is 0 Å². The number of nitrogens with one attached hydrogen (secondary N) is 1. The van der Waals surface area contributed by atoms with Gasteiger partial charge < -0.3 is 10.4 Å². The molecule has 0 bridgehead atoms. The molecule has 0 radical (unpaired) electrons. The van der Waals surface area contributed by atoms with Gasteiger partial charge in [-0.3, -0.25) is 4.79 Å². The second-order valence-corrected chi connectivity index (χ2v) is 5.40. The zero-order valence-electron chi connectivity index (χ0n) is 11.8. The molecule has 108 valence electrons. The summed E-state index contributed by atoms with van der Waals surface area (Å²) in [6.07, 6.45) is 0.461. The van der Waals surface area contributed by atoms with Gasteiger partial charge in [-0.05, 0) is 53.1 Å². The number of thiophene rings is 1. The van der Waals surface area contributed by atoms with Crippen LogP contribution in [0.5, 0.6) is 0 Å². The topological polar surface area (TPSA) is 49.3 Å². The summed E-state index contributed by atoms with van der Waals surface area (Å²) < 4.78 is 0. The summed E-state index contributed by atoms with van der Waals surface area (Å²) in [7, 11) is 0. The lowest BCUT2D eigenvalue weighted by Gasteiger charge is -2.06. The molecule has 0 aliphatic rings. The van der Waals surface area contributed by atoms with E-state index in [1.54, 1.807) is 17.4 Å². The third kappa shape index (κ3) is 4.45. The van der Waals surface area contributed by atoms with Crippen molar-refractivity contribution < 1.29 is 9.90 Å². The molecule has 0 atom stereocenters. The third-order valence-electron chi connectivity index (χ3n) is 2.98. The van der Waals surface area contributed by atoms with Crippen molar-refractivity contribution in [3.05, 3.63) is 57.3 Å². The quantitative estimate of drug-likeness (QED) is 0.853. The summed E-state index contributed by atoms with van der Waals surface area (Å²) in [6.45, 7) is 2.53. The lowest BCUT2D eigenvalue weighted by molar-refractivity contribution is 0.0951. The molecule has 2 rings (SSSR count). The molecule has 0 spiro atoms. The minimum Gasteiger partial charge on any atom is -0.395 e. The van der Waals surface area contributed by atoms with Gasteiger partial charge in [0.15, 0.2) is 0 Å². The van der Waals surface area contributed by atoms with E-state index in [4.69, 9.17) is 5.11 Å². The zero-order valence-corrected chi connectivity index (χ0v) is 12.7. The van der Waals surface area contributed by atoms with Crippen LogP contribution in [-0.4, -0.2) is 17.6 Å². The van der Waals surface area contributed by atoms with E-state index < -0.39 is 0 Å². The average Bonchev–Trinajstić information content (AvgIpc) is 3.00. The molecule has 0 aliphatic carbocycles. The van der Waals surface area contributed by atoms with E-state index in [0.29, 0.717) is 18.5 Å². The number of aryl methyl sites for hydroxylation is 1. The standard InChI is InChI=1S/C17H17NO2S/c1-13-10-16(6-5-15(13)4-2-3-8-19)17(20)18-11-14-7-9-21-12-14/h5-7,9-10,12,19H,3,8,11H2,1H3,(H,18,20). The highest BCUT2D eigenvalue weighted by Crippen LogP contribution is 2.11. The molecule has 0 saturated heterocycles. The molecule has 4 heteroatoms. The van der Waals surface area contributed by atoms with Gasteiger partial charge in [-0.15, -0.1) is 0 Å². The van der Waals surface area contributed by atoms with Crippen molar-refractivity contribution in [1.29, 1.82) is 0 Å². The number of carbonyl (C=O) groups is 1. The summed E-state index contributed by atoms with van der Waals surface area (Å²) in [6, 6.07) is 7.46. The summed E-state index contributed by atoms with van der Waals surface area (Å²) >= 11 is 1.62. The minimum atomic E-state index is -0.0841. The monoisotopic (exact) mass is 299 g/mol. The lowest BCUT2D eigenvalue weighted by Crippen LogP contribution is -2.22. The maximum atomic E-state index is 12.1. The van der Waals surface area contributed by atoms with E-state index in [2.05, 4.69) is 17.2 Å². The minimum absolute atomic E-state index is 0.0646. The number of benzene rings is 1. The molecule has 2 N–H and O–H groups in total. The van der Waals surface area contributed by atoms with Gasteiger partial charge in [0.05, 0.1) is 6.61 Å². The van der Waals surface area contributed by atoms with Crippen molar-refractivity contribution in [2.45, 2.75) is 19.9 Å². The van der Waals surface area contributed by atoms with Crippen LogP contribution in [0.1, 0.15) is 33.5 Å². The molecule has 1 amide bonds. The molecule has 2 aromatic rings. The maximum Gasteiger partial charge on any atom is 0.251 e. The smallest absolute Gasteiger partial charge is 0.251 e. The number of amides is 1. The van der Waals surface area contributed by atoms with Crippen molar-refractivity contribution in [3.8, 4) is 11.8 Å². The maximum absolute atomic E-state index is 12.1. The van der Waals surface area contributed by atoms with Gasteiger partial charge in [-0.1, -0.05) is 11.8 Å². The molecule has 0 unspecified atom stereocenters. The average molecular weight is 299 g/mol. The van der Waals surface area contributed by atoms with Gasteiger partial charge in [0.25, 0.3) is 5.91 Å². The first-order valence-electron chi connectivity index (χ1n) is 6.70. The van der Waals surface area contributed by atoms with Crippen molar-refractivity contribution in [2.24, 2.45) is 0 Å². The second-order valence-electron chi connectivity index (χ2n) is 4.62. The number of rotatable bonds is 4. The molecular weight excluding hydrogens is 282 g/mol. The van der Waals surface area contributed by atoms with Gasteiger partial charge in [0.2, 0.25) is 0 Å². The Balaban J connectivity index is 2.02. The molecule has 0 saturated carbocycles. The van der Waals surface area contributed by atoms with Gasteiger partial charge in [0, 0.05) is 24.1 Å². The van der Waals surface area contributed by atoms with Gasteiger partial charge in [-0.2, -0.15) is 11.3 Å². The first-order valence-corrected chi connectivity index (χ1v) is 7.64. The molecule has 0 fully saturated rings. The number of aliphatic hydroxyl groups is 1. The Bertz CT molecular complexity index is 666. The van der Waals surface area contributed by atoms with E-state index in [9.17, 15) is 4.79 Å². The molecule has 1 aromatic heterocycles. The number of carbonyl (C=O) groups excluding carboxylic acids is 1. The molecule has 1 heterocycles. The fraction of sp³-hybridized carbons (Fsp3) is 0.235. The summed E-state index contributed by atoms with van der Waals surface area (Å²) in [5.74, 6) is 5.80. The van der Waals surface area contributed by atoms with Gasteiger partial charge in [-0.25, -0.2) is 0 Å². The SMILES string of the molecule is Cc1cc(C(=O)NCc2ccsc2)ccc1C#CCCO. The number of hydrogen-bond donors (Lipinski definition) is 2. The van der Waals surface area contributed by atoms with Crippen LogP contribution in [0.3, 0.4) is 0 Å². The van der Waals surface area contributed by atoms with Crippen molar-refractivity contribution in [2.75, 3.05) is 6.61 Å². The Morgan fingerprint density at radius 1 is 1.38 bits per heavy atom. The van der Waals surface area contributed by atoms with Gasteiger partial charge >= 0.3 is 0 Å². The predicted octanol–water partition coefficient (Wildman–Crippen LogP) is 2.72. The lowest BCUT2D eigenvalue weighted by atomic mass is 10.0. The fourth-order valence-corrected chi connectivity index (χ4v) is 2.51. The highest BCUT2D eigenvalue weighted by Gasteiger charge is 2.07. The predicted molar refractivity (Wildman–Crippen MR) is 85.2 cm³/mol. The largest absolute Gasteiger partial charge is 0.395 e. The second kappa shape index (κ2) is 7.63. The van der Waals surface area contributed by atoms with Crippen LogP contribution < -0.4 is 5.32 Å². The van der Waals surface area contributed by atoms with Crippen LogP contribution in [-0.2, 0) is 6.54 Å². The fourth-order valence-electron chi connectivity index (χ4n) is 1.84. The van der Waals surface area contributed by atoms with Crippen LogP contribution in [0, 0.1) is 18.8 Å². The number of hydrogen-bond acceptors (Lipinski definition) is 3. The Labute approximate surface area is 128 Å². The molecule has 3 nitrogen and oxygen atoms in total. The van der Waals surface area contributed by atoms with Crippen molar-refractivity contribution >= 4 is 17.2 Å². The third-order valence-corrected chi connectivity index (χ3v) is 3.71. The highest BCUT2D eigenvalue weighted by molar-refractivity contribution is 7.07. The molecule has 0 aliphatic heterocycles. The summed E-state index contributed by atoms with van der Waals surface area (Å²) in [4.78, 5) is 12.1. The zero-order chi connectivity index (χ0) is 15.1. The first kappa shape index (κ1) is 15.3. The Morgan fingerprint density at radius 3 is 2.90 bits per heavy atom. The van der Waals surface area contributed by atoms with E-state index in [1.807, 2.05) is 35.9 Å². The van der Waals surface area contributed by atoms with E-state index >= 15 is 0 Å². The van der Waals surface area contributed by atoms with E-state index in [-0.39, 0.29) is 12.5 Å². The Hall–Kier alpha value is -2.09. The molecular formula is C17H17NO2S. The highest BCUT2D eigenvalue weighted by atomic mass is 32.1. The van der Waals surface area contributed by atoms with Crippen LogP contribution >= 0.6 is 11.3 Å². The number of aliphatic hydroxyl groups excluding tert-OH is 1. The molecule has 21 heavy (non-hydrogen) atoms. The van der Waals surface area contributed by atoms with Crippen molar-refractivity contribution in [1.82, 2.24) is 5.32 Å². The van der Waals surface area contributed by atoms with Crippen LogP contribution in [0.4, 0.5) is 0 Å². The van der Waals surface area contributed by atoms with E-state index in [1.165, 1.54) is 0 Å². The first-order chi connectivity index (χ1) is 10.2. The normalized spacial score (nSPS) is 9.81. The van der Waals surface area contributed by atoms with Crippen LogP contribution in [0.25, 0.3) is 0 Å². The Kier molecular flexibility index (Phi) is 5.56. The molecule has 1 aromatic carbocycles. The Morgan fingerprint density at radius 2 is 2.24 bits per heavy atom.